The summed E-state index contributed by atoms with van der Waals surface area (Å²) in [4.78, 5) is 34.0. The molecule has 0 unspecified atom stereocenters. The fourth-order valence-corrected chi connectivity index (χ4v) is 3.53. The molecule has 0 heterocycles. The average Bonchev–Trinajstić information content (AvgIpc) is 2.71. The van der Waals surface area contributed by atoms with E-state index in [-0.39, 0.29) is 23.4 Å². The Kier molecular flexibility index (Phi) is 6.78. The van der Waals surface area contributed by atoms with Crippen LogP contribution in [-0.4, -0.2) is 47.1 Å². The fourth-order valence-electron chi connectivity index (χ4n) is 2.25. The molecule has 29 heavy (non-hydrogen) atoms. The molecule has 1 amide bonds. The Labute approximate surface area is 166 Å². The summed E-state index contributed by atoms with van der Waals surface area (Å²) in [7, 11) is -2.03. The van der Waals surface area contributed by atoms with Crippen LogP contribution in [0.4, 0.5) is 5.69 Å². The first-order valence-electron chi connectivity index (χ1n) is 8.02. The van der Waals surface area contributed by atoms with Gasteiger partial charge in [0.2, 0.25) is 0 Å². The predicted molar refractivity (Wildman–Crippen MR) is 101 cm³/mol. The van der Waals surface area contributed by atoms with Gasteiger partial charge in [0.15, 0.2) is 6.61 Å². The van der Waals surface area contributed by atoms with E-state index in [0.29, 0.717) is 5.75 Å². The summed E-state index contributed by atoms with van der Waals surface area (Å²) in [6.45, 7) is -0.326. The van der Waals surface area contributed by atoms with Crippen LogP contribution in [0, 0.1) is 0 Å². The van der Waals surface area contributed by atoms with Crippen LogP contribution in [0.3, 0.4) is 0 Å². The maximum atomic E-state index is 12.8. The number of amides is 1. The van der Waals surface area contributed by atoms with Crippen molar-refractivity contribution in [2.75, 3.05) is 25.5 Å². The Morgan fingerprint density at radius 1 is 0.966 bits per heavy atom. The quantitative estimate of drug-likeness (QED) is 0.596. The average molecular weight is 422 g/mol. The van der Waals surface area contributed by atoms with Crippen LogP contribution < -0.4 is 15.2 Å². The van der Waals surface area contributed by atoms with Crippen molar-refractivity contribution in [3.8, 4) is 5.75 Å². The summed E-state index contributed by atoms with van der Waals surface area (Å²) in [6.07, 6.45) is 0. The molecule has 0 aromatic heterocycles. The van der Waals surface area contributed by atoms with Crippen LogP contribution >= 0.6 is 0 Å². The van der Waals surface area contributed by atoms with Crippen LogP contribution in [0.5, 0.6) is 5.75 Å². The molecule has 0 saturated heterocycles. The fraction of sp³-hybridized carbons (Fsp3) is 0.167. The van der Waals surface area contributed by atoms with Crippen molar-refractivity contribution < 1.29 is 37.0 Å². The molecule has 3 N–H and O–H groups in total. The third kappa shape index (κ3) is 5.45. The van der Waals surface area contributed by atoms with Gasteiger partial charge >= 0.3 is 11.9 Å². The molecule has 0 fully saturated rings. The van der Waals surface area contributed by atoms with Crippen LogP contribution in [-0.2, 0) is 24.3 Å². The Bertz CT molecular complexity index is 1030. The Morgan fingerprint density at radius 2 is 1.59 bits per heavy atom. The van der Waals surface area contributed by atoms with E-state index in [1.807, 2.05) is 0 Å². The van der Waals surface area contributed by atoms with Gasteiger partial charge in [0.1, 0.15) is 10.6 Å². The molecule has 0 aliphatic carbocycles. The summed E-state index contributed by atoms with van der Waals surface area (Å²) in [5, 5.41) is 0. The third-order valence-electron chi connectivity index (χ3n) is 3.59. The van der Waals surface area contributed by atoms with Crippen LogP contribution in [0.2, 0.25) is 0 Å². The van der Waals surface area contributed by atoms with Gasteiger partial charge in [0, 0.05) is 5.69 Å². The summed E-state index contributed by atoms with van der Waals surface area (Å²) in [5.41, 5.74) is 4.82. The van der Waals surface area contributed by atoms with Gasteiger partial charge in [0.25, 0.3) is 15.9 Å². The minimum atomic E-state index is -4.28. The molecule has 10 nitrogen and oxygen atoms in total. The Morgan fingerprint density at radius 3 is 2.14 bits per heavy atom. The second-order valence-electron chi connectivity index (χ2n) is 5.58. The monoisotopic (exact) mass is 422 g/mol. The highest BCUT2D eigenvalue weighted by Crippen LogP contribution is 2.24. The number of rotatable bonds is 8. The second kappa shape index (κ2) is 9.06. The van der Waals surface area contributed by atoms with Gasteiger partial charge in [-0.05, 0) is 42.5 Å². The normalized spacial score (nSPS) is 10.7. The molecule has 0 atom stereocenters. The number of nitrogens with two attached hydrogens (primary N) is 1. The van der Waals surface area contributed by atoms with Crippen LogP contribution in [0.1, 0.15) is 20.7 Å². The molecule has 0 aliphatic rings. The predicted octanol–water partition coefficient (Wildman–Crippen LogP) is 0.925. The number of benzene rings is 2. The number of anilines is 1. The van der Waals surface area contributed by atoms with Crippen molar-refractivity contribution >= 4 is 33.6 Å². The molecular weight excluding hydrogens is 404 g/mol. The second-order valence-corrected chi connectivity index (χ2v) is 7.23. The topological polar surface area (TPSA) is 151 Å². The molecule has 0 saturated carbocycles. The number of methoxy groups -OCH3 is 2. The summed E-state index contributed by atoms with van der Waals surface area (Å²) in [6, 6.07) is 9.05. The third-order valence-corrected chi connectivity index (χ3v) is 5.01. The lowest BCUT2D eigenvalue weighted by molar-refractivity contribution is -0.119. The maximum Gasteiger partial charge on any atom is 0.339 e. The number of ether oxygens (including phenoxy) is 3. The van der Waals surface area contributed by atoms with Crippen molar-refractivity contribution in [1.29, 1.82) is 0 Å². The minimum absolute atomic E-state index is 0.0595. The first-order chi connectivity index (χ1) is 13.7. The van der Waals surface area contributed by atoms with Gasteiger partial charge in [-0.3, -0.25) is 9.52 Å². The standard InChI is InChI=1S/C18H18N2O8S/c1-26-17(22)11-3-8-14(18(23)27-2)15(9-11)29(24,25)20-12-4-6-13(7-5-12)28-10-16(19)21/h3-9,20H,10H2,1-2H3,(H2,19,21). The lowest BCUT2D eigenvalue weighted by atomic mass is 10.1. The lowest BCUT2D eigenvalue weighted by Crippen LogP contribution is -2.20. The van der Waals surface area contributed by atoms with Gasteiger partial charge in [0.05, 0.1) is 25.3 Å². The Balaban J connectivity index is 2.37. The van der Waals surface area contributed by atoms with E-state index >= 15 is 0 Å². The van der Waals surface area contributed by atoms with Crippen molar-refractivity contribution in [2.24, 2.45) is 5.73 Å². The molecule has 0 bridgehead atoms. The van der Waals surface area contributed by atoms with E-state index in [9.17, 15) is 22.8 Å². The molecular formula is C18H18N2O8S. The maximum absolute atomic E-state index is 12.8. The zero-order chi connectivity index (χ0) is 21.6. The number of esters is 2. The van der Waals surface area contributed by atoms with E-state index in [0.717, 1.165) is 26.4 Å². The molecule has 0 aliphatic heterocycles. The SMILES string of the molecule is COC(=O)c1ccc(C(=O)OC)c(S(=O)(=O)Nc2ccc(OCC(N)=O)cc2)c1. The van der Waals surface area contributed by atoms with Crippen LogP contribution in [0.15, 0.2) is 47.4 Å². The molecule has 0 radical (unpaired) electrons. The number of hydrogen-bond acceptors (Lipinski definition) is 8. The zero-order valence-corrected chi connectivity index (χ0v) is 16.3. The molecule has 154 valence electrons. The first-order valence-corrected chi connectivity index (χ1v) is 9.51. The minimum Gasteiger partial charge on any atom is -0.484 e. The van der Waals surface area contributed by atoms with Crippen LogP contribution in [0.25, 0.3) is 0 Å². The van der Waals surface area contributed by atoms with E-state index < -0.39 is 32.8 Å². The van der Waals surface area contributed by atoms with Crippen molar-refractivity contribution in [2.45, 2.75) is 4.90 Å². The highest BCUT2D eigenvalue weighted by atomic mass is 32.2. The van der Waals surface area contributed by atoms with Gasteiger partial charge in [-0.15, -0.1) is 0 Å². The van der Waals surface area contributed by atoms with Crippen molar-refractivity contribution in [3.63, 3.8) is 0 Å². The number of hydrogen-bond donors (Lipinski definition) is 2. The lowest BCUT2D eigenvalue weighted by Gasteiger charge is -2.13. The largest absolute Gasteiger partial charge is 0.484 e. The van der Waals surface area contributed by atoms with E-state index in [1.165, 1.54) is 30.3 Å². The Hall–Kier alpha value is -3.60. The number of nitrogens with one attached hydrogen (secondary N) is 1. The number of carbonyl (C=O) groups excluding carboxylic acids is 3. The summed E-state index contributed by atoms with van der Waals surface area (Å²) >= 11 is 0. The summed E-state index contributed by atoms with van der Waals surface area (Å²) in [5.74, 6) is -2.02. The van der Waals surface area contributed by atoms with Crippen molar-refractivity contribution in [1.82, 2.24) is 0 Å². The number of sulfonamides is 1. The molecule has 2 aromatic carbocycles. The van der Waals surface area contributed by atoms with E-state index in [1.54, 1.807) is 0 Å². The summed E-state index contributed by atoms with van der Waals surface area (Å²) < 4.78 is 42.3. The highest BCUT2D eigenvalue weighted by molar-refractivity contribution is 7.92. The van der Waals surface area contributed by atoms with Gasteiger partial charge < -0.3 is 19.9 Å². The zero-order valence-electron chi connectivity index (χ0n) is 15.5. The number of carbonyl (C=O) groups is 3. The van der Waals surface area contributed by atoms with Gasteiger partial charge in [-0.1, -0.05) is 0 Å². The smallest absolute Gasteiger partial charge is 0.339 e. The molecule has 2 rings (SSSR count). The first kappa shape index (κ1) is 21.7. The van der Waals surface area contributed by atoms with Gasteiger partial charge in [-0.25, -0.2) is 18.0 Å². The molecule has 2 aromatic rings. The highest BCUT2D eigenvalue weighted by Gasteiger charge is 2.25. The van der Waals surface area contributed by atoms with E-state index in [4.69, 9.17) is 10.5 Å². The van der Waals surface area contributed by atoms with Gasteiger partial charge in [-0.2, -0.15) is 0 Å². The molecule has 11 heteroatoms. The van der Waals surface area contributed by atoms with E-state index in [2.05, 4.69) is 14.2 Å². The number of primary amides is 1. The van der Waals surface area contributed by atoms with Crippen molar-refractivity contribution in [3.05, 3.63) is 53.6 Å². The molecule has 0 spiro atoms.